The molecule has 2 saturated heterocycles. The van der Waals surface area contributed by atoms with Gasteiger partial charge in [0, 0.05) is 30.9 Å². The van der Waals surface area contributed by atoms with Gasteiger partial charge in [0.25, 0.3) is 0 Å². The summed E-state index contributed by atoms with van der Waals surface area (Å²) in [6.07, 6.45) is 11.3. The Kier molecular flexibility index (Phi) is 4.56. The number of pyridine rings is 1. The molecule has 0 aromatic carbocycles. The van der Waals surface area contributed by atoms with Crippen LogP contribution in [0.2, 0.25) is 0 Å². The topological polar surface area (TPSA) is 19.4 Å². The van der Waals surface area contributed by atoms with Crippen molar-refractivity contribution in [2.24, 2.45) is 0 Å². The highest BCUT2D eigenvalue weighted by atomic mass is 15.2. The maximum absolute atomic E-state index is 4.75. The van der Waals surface area contributed by atoms with Crippen LogP contribution in [-0.2, 0) is 0 Å². The Hall–Kier alpha value is -1.09. The molecule has 0 N–H and O–H groups in total. The van der Waals surface area contributed by atoms with Crippen LogP contribution in [0.25, 0.3) is 0 Å². The Labute approximate surface area is 123 Å². The molecule has 0 bridgehead atoms. The van der Waals surface area contributed by atoms with Gasteiger partial charge in [0.1, 0.15) is 5.82 Å². The monoisotopic (exact) mass is 273 g/mol. The van der Waals surface area contributed by atoms with Gasteiger partial charge in [-0.2, -0.15) is 0 Å². The number of hydrogen-bond acceptors (Lipinski definition) is 3. The number of nitrogens with zero attached hydrogens (tertiary/aromatic N) is 3. The third-order valence-electron chi connectivity index (χ3n) is 4.85. The molecule has 1 aromatic heterocycles. The molecule has 0 aliphatic carbocycles. The minimum atomic E-state index is 0.565. The molecule has 3 rings (SSSR count). The van der Waals surface area contributed by atoms with E-state index in [1.807, 2.05) is 6.20 Å². The van der Waals surface area contributed by atoms with Crippen LogP contribution in [0.3, 0.4) is 0 Å². The highest BCUT2D eigenvalue weighted by molar-refractivity contribution is 5.48. The number of piperidine rings is 1. The van der Waals surface area contributed by atoms with Crippen molar-refractivity contribution in [1.29, 1.82) is 0 Å². The number of aromatic nitrogens is 1. The highest BCUT2D eigenvalue weighted by Gasteiger charge is 2.25. The normalized spacial score (nSPS) is 25.4. The van der Waals surface area contributed by atoms with Gasteiger partial charge in [-0.1, -0.05) is 25.3 Å². The van der Waals surface area contributed by atoms with E-state index in [0.717, 1.165) is 0 Å². The second-order valence-corrected chi connectivity index (χ2v) is 6.31. The summed E-state index contributed by atoms with van der Waals surface area (Å²) in [5.41, 5.74) is 1.46. The van der Waals surface area contributed by atoms with E-state index in [9.17, 15) is 0 Å². The minimum Gasteiger partial charge on any atom is -0.356 e. The fourth-order valence-electron chi connectivity index (χ4n) is 3.68. The van der Waals surface area contributed by atoms with Gasteiger partial charge in [0.2, 0.25) is 0 Å². The number of rotatable bonds is 2. The second-order valence-electron chi connectivity index (χ2n) is 6.31. The lowest BCUT2D eigenvalue weighted by molar-refractivity contribution is 0.187. The predicted molar refractivity (Wildman–Crippen MR) is 84.1 cm³/mol. The smallest absolute Gasteiger partial charge is 0.133 e. The van der Waals surface area contributed by atoms with Gasteiger partial charge in [0.15, 0.2) is 0 Å². The van der Waals surface area contributed by atoms with Crippen molar-refractivity contribution in [3.63, 3.8) is 0 Å². The van der Waals surface area contributed by atoms with Crippen molar-refractivity contribution in [1.82, 2.24) is 9.88 Å². The summed E-state index contributed by atoms with van der Waals surface area (Å²) in [6.45, 7) is 3.58. The minimum absolute atomic E-state index is 0.565. The van der Waals surface area contributed by atoms with Crippen molar-refractivity contribution in [3.05, 3.63) is 23.9 Å². The average Bonchev–Trinajstić information content (AvgIpc) is 2.77. The predicted octanol–water partition coefficient (Wildman–Crippen LogP) is 3.62. The molecule has 0 amide bonds. The number of hydrogen-bond donors (Lipinski definition) is 0. The fraction of sp³-hybridized carbons (Fsp3) is 0.706. The first kappa shape index (κ1) is 13.9. The van der Waals surface area contributed by atoms with Crippen LogP contribution in [0.15, 0.2) is 18.3 Å². The van der Waals surface area contributed by atoms with E-state index in [-0.39, 0.29) is 0 Å². The lowest BCUT2D eigenvalue weighted by Crippen LogP contribution is -2.33. The molecule has 1 aromatic rings. The largest absolute Gasteiger partial charge is 0.356 e. The van der Waals surface area contributed by atoms with Crippen molar-refractivity contribution < 1.29 is 0 Å². The Morgan fingerprint density at radius 3 is 2.50 bits per heavy atom. The molecular weight excluding hydrogens is 246 g/mol. The van der Waals surface area contributed by atoms with Crippen LogP contribution in [-0.4, -0.2) is 36.6 Å². The standard InChI is InChI=1S/C17H27N3/c1-19-12-7-4-10-16(19)15-9-8-11-18-17(15)20-13-5-2-3-6-14-20/h8-9,11,16H,2-7,10,12-14H2,1H3. The Morgan fingerprint density at radius 2 is 1.75 bits per heavy atom. The van der Waals surface area contributed by atoms with Crippen molar-refractivity contribution in [3.8, 4) is 0 Å². The lowest BCUT2D eigenvalue weighted by Gasteiger charge is -2.35. The number of likely N-dealkylation sites (tertiary alicyclic amines) is 1. The molecule has 3 nitrogen and oxygen atoms in total. The molecule has 20 heavy (non-hydrogen) atoms. The van der Waals surface area contributed by atoms with Crippen molar-refractivity contribution in [2.75, 3.05) is 31.6 Å². The van der Waals surface area contributed by atoms with Crippen molar-refractivity contribution in [2.45, 2.75) is 51.0 Å². The summed E-state index contributed by atoms with van der Waals surface area (Å²) >= 11 is 0. The van der Waals surface area contributed by atoms with Gasteiger partial charge in [-0.15, -0.1) is 0 Å². The van der Waals surface area contributed by atoms with E-state index in [2.05, 4.69) is 29.0 Å². The van der Waals surface area contributed by atoms with Crippen molar-refractivity contribution >= 4 is 5.82 Å². The van der Waals surface area contributed by atoms with E-state index in [1.54, 1.807) is 0 Å². The number of anilines is 1. The molecule has 3 heteroatoms. The first-order valence-corrected chi connectivity index (χ1v) is 8.26. The van der Waals surface area contributed by atoms with Crippen LogP contribution in [0, 0.1) is 0 Å². The SMILES string of the molecule is CN1CCCCC1c1cccnc1N1CCCCCC1. The van der Waals surface area contributed by atoms with Gasteiger partial charge in [-0.3, -0.25) is 4.90 Å². The third-order valence-corrected chi connectivity index (χ3v) is 4.85. The zero-order valence-corrected chi connectivity index (χ0v) is 12.7. The molecule has 0 saturated carbocycles. The third kappa shape index (κ3) is 2.98. The summed E-state index contributed by atoms with van der Waals surface area (Å²) in [5, 5.41) is 0. The molecule has 2 aliphatic heterocycles. The zero-order chi connectivity index (χ0) is 13.8. The summed E-state index contributed by atoms with van der Waals surface area (Å²) in [7, 11) is 2.27. The summed E-state index contributed by atoms with van der Waals surface area (Å²) in [5.74, 6) is 1.26. The molecule has 1 atom stereocenters. The Morgan fingerprint density at radius 1 is 1.00 bits per heavy atom. The first-order chi connectivity index (χ1) is 9.86. The van der Waals surface area contributed by atoms with Gasteiger partial charge in [0.05, 0.1) is 0 Å². The van der Waals surface area contributed by atoms with E-state index in [0.29, 0.717) is 6.04 Å². The maximum Gasteiger partial charge on any atom is 0.133 e. The van der Waals surface area contributed by atoms with E-state index < -0.39 is 0 Å². The molecule has 0 spiro atoms. The molecule has 1 unspecified atom stereocenters. The van der Waals surface area contributed by atoms with Gasteiger partial charge in [-0.05, 0) is 45.3 Å². The first-order valence-electron chi connectivity index (χ1n) is 8.26. The van der Waals surface area contributed by atoms with Crippen LogP contribution in [0.1, 0.15) is 56.6 Å². The second kappa shape index (κ2) is 6.57. The van der Waals surface area contributed by atoms with Gasteiger partial charge < -0.3 is 4.90 Å². The van der Waals surface area contributed by atoms with Crippen LogP contribution >= 0.6 is 0 Å². The molecule has 2 fully saturated rings. The molecular formula is C17H27N3. The lowest BCUT2D eigenvalue weighted by atomic mass is 9.96. The molecule has 2 aliphatic rings. The molecule has 0 radical (unpaired) electrons. The van der Waals surface area contributed by atoms with E-state index in [1.165, 1.54) is 76.0 Å². The summed E-state index contributed by atoms with van der Waals surface area (Å²) < 4.78 is 0. The van der Waals surface area contributed by atoms with Gasteiger partial charge >= 0.3 is 0 Å². The van der Waals surface area contributed by atoms with Crippen LogP contribution < -0.4 is 4.90 Å². The maximum atomic E-state index is 4.75. The van der Waals surface area contributed by atoms with E-state index >= 15 is 0 Å². The van der Waals surface area contributed by atoms with Crippen LogP contribution in [0.4, 0.5) is 5.82 Å². The molecule has 110 valence electrons. The Bertz CT molecular complexity index is 424. The summed E-state index contributed by atoms with van der Waals surface area (Å²) in [4.78, 5) is 9.80. The van der Waals surface area contributed by atoms with Gasteiger partial charge in [-0.25, -0.2) is 4.98 Å². The van der Waals surface area contributed by atoms with Crippen LogP contribution in [0.5, 0.6) is 0 Å². The average molecular weight is 273 g/mol. The quantitative estimate of drug-likeness (QED) is 0.820. The Balaban J connectivity index is 1.86. The van der Waals surface area contributed by atoms with E-state index in [4.69, 9.17) is 4.98 Å². The highest BCUT2D eigenvalue weighted by Crippen LogP contribution is 2.34. The zero-order valence-electron chi connectivity index (χ0n) is 12.7. The fourth-order valence-corrected chi connectivity index (χ4v) is 3.68. The summed E-state index contributed by atoms with van der Waals surface area (Å²) in [6, 6.07) is 4.98. The molecule has 3 heterocycles.